The molecule has 9 heteroatoms. The lowest BCUT2D eigenvalue weighted by molar-refractivity contribution is -0.131. The number of Topliss-reactive ketones (excluding diaryl/α,β-unsaturated/α-hetero) is 1. The number of ketones is 1. The highest BCUT2D eigenvalue weighted by atomic mass is 127. The van der Waals surface area contributed by atoms with Crippen LogP contribution in [0.2, 0.25) is 5.02 Å². The smallest absolute Gasteiger partial charge is 0.140 e. The number of carbonyl (C=O) groups excluding carboxylic acids is 1. The fourth-order valence-corrected chi connectivity index (χ4v) is 8.61. The number of pyridine rings is 1. The van der Waals surface area contributed by atoms with E-state index in [1.54, 1.807) is 18.2 Å². The van der Waals surface area contributed by atoms with Crippen molar-refractivity contribution >= 4 is 78.0 Å². The molecule has 1 aromatic heterocycles. The Balaban J connectivity index is 1.67. The number of fused-ring (bicyclic) bond motifs is 1. The second-order valence-electron chi connectivity index (χ2n) is 7.04. The maximum Gasteiger partial charge on any atom is 0.140 e. The van der Waals surface area contributed by atoms with Gasteiger partial charge in [0.1, 0.15) is 5.78 Å². The molecule has 2 saturated heterocycles. The van der Waals surface area contributed by atoms with E-state index in [0.717, 1.165) is 23.6 Å². The fraction of sp³-hybridized carbons (Fsp3) is 0.368. The standard InChI is InChI=1S/C19H18ClI2N3OS2/c20-14-3-1-2-13(8-14)16-9-18-15(11-24(16)27-21)19(26)10-17(25(18)28-22)12-4-6-23-7-5-12/h1-8,15-18H,9-11H2/t15-,16?,17?,18+/m1/s1. The molecule has 0 spiro atoms. The molecule has 0 saturated carbocycles. The first-order chi connectivity index (χ1) is 13.6. The van der Waals surface area contributed by atoms with Crippen molar-refractivity contribution < 1.29 is 4.79 Å². The molecule has 2 fully saturated rings. The van der Waals surface area contributed by atoms with Crippen molar-refractivity contribution in [3.8, 4) is 0 Å². The third-order valence-corrected chi connectivity index (χ3v) is 9.97. The van der Waals surface area contributed by atoms with Crippen LogP contribution in [0.4, 0.5) is 0 Å². The van der Waals surface area contributed by atoms with Crippen molar-refractivity contribution in [3.05, 3.63) is 64.9 Å². The second kappa shape index (κ2) is 9.69. The minimum Gasteiger partial charge on any atom is -0.299 e. The van der Waals surface area contributed by atoms with Gasteiger partial charge in [0.25, 0.3) is 0 Å². The molecular weight excluding hydrogens is 640 g/mol. The summed E-state index contributed by atoms with van der Waals surface area (Å²) in [5.41, 5.74) is 2.38. The predicted molar refractivity (Wildman–Crippen MR) is 134 cm³/mol. The number of hydrogen-bond acceptors (Lipinski definition) is 6. The number of nitrogens with zero attached hydrogens (tertiary/aromatic N) is 3. The summed E-state index contributed by atoms with van der Waals surface area (Å²) in [5.74, 6) is 0.409. The molecule has 4 rings (SSSR count). The third-order valence-electron chi connectivity index (χ3n) is 5.59. The fourth-order valence-electron chi connectivity index (χ4n) is 4.26. The molecule has 0 aliphatic carbocycles. The van der Waals surface area contributed by atoms with E-state index in [9.17, 15) is 4.79 Å². The van der Waals surface area contributed by atoms with Gasteiger partial charge in [-0.15, -0.1) is 0 Å². The molecule has 0 amide bonds. The van der Waals surface area contributed by atoms with Crippen molar-refractivity contribution in [1.82, 2.24) is 13.6 Å². The zero-order valence-electron chi connectivity index (χ0n) is 14.7. The molecule has 3 heterocycles. The number of benzene rings is 1. The van der Waals surface area contributed by atoms with Crippen LogP contribution in [0.25, 0.3) is 0 Å². The molecule has 1 aromatic carbocycles. The summed E-state index contributed by atoms with van der Waals surface area (Å²) in [5, 5.41) is 0.757. The van der Waals surface area contributed by atoms with Gasteiger partial charge in [0.2, 0.25) is 0 Å². The SMILES string of the molecule is O=C1CC(c2ccncc2)N(SI)[C@H]2CC(c3cccc(Cl)c3)N(SI)C[C@@H]12. The number of piperidine rings is 2. The number of halogens is 3. The van der Waals surface area contributed by atoms with Crippen LogP contribution in [0.3, 0.4) is 0 Å². The molecule has 4 atom stereocenters. The Bertz CT molecular complexity index is 847. The monoisotopic (exact) mass is 657 g/mol. The van der Waals surface area contributed by atoms with Crippen molar-refractivity contribution in [2.24, 2.45) is 5.92 Å². The maximum atomic E-state index is 13.1. The highest BCUT2D eigenvalue weighted by Gasteiger charge is 2.48. The molecule has 2 aliphatic rings. The van der Waals surface area contributed by atoms with E-state index in [1.165, 1.54) is 5.56 Å². The third kappa shape index (κ3) is 4.38. The highest BCUT2D eigenvalue weighted by Crippen LogP contribution is 2.50. The molecule has 0 N–H and O–H groups in total. The zero-order valence-corrected chi connectivity index (χ0v) is 21.5. The van der Waals surface area contributed by atoms with Gasteiger partial charge in [0, 0.05) is 90.8 Å². The molecule has 148 valence electrons. The van der Waals surface area contributed by atoms with Gasteiger partial charge in [-0.2, -0.15) is 0 Å². The molecule has 28 heavy (non-hydrogen) atoms. The molecule has 0 radical (unpaired) electrons. The van der Waals surface area contributed by atoms with E-state index in [1.807, 2.05) is 36.7 Å². The summed E-state index contributed by atoms with van der Waals surface area (Å²) in [7, 11) is 3.41. The van der Waals surface area contributed by atoms with E-state index < -0.39 is 0 Å². The van der Waals surface area contributed by atoms with E-state index >= 15 is 0 Å². The first-order valence-electron chi connectivity index (χ1n) is 8.93. The number of hydrogen-bond donors (Lipinski definition) is 0. The molecule has 4 nitrogen and oxygen atoms in total. The van der Waals surface area contributed by atoms with Crippen LogP contribution in [0, 0.1) is 5.92 Å². The lowest BCUT2D eigenvalue weighted by Crippen LogP contribution is -2.55. The topological polar surface area (TPSA) is 36.4 Å². The van der Waals surface area contributed by atoms with Gasteiger partial charge in [0.05, 0.1) is 6.04 Å². The first-order valence-corrected chi connectivity index (χ1v) is 15.9. The van der Waals surface area contributed by atoms with Gasteiger partial charge >= 0.3 is 0 Å². The van der Waals surface area contributed by atoms with Gasteiger partial charge in [-0.05, 0) is 60.1 Å². The van der Waals surface area contributed by atoms with Gasteiger partial charge in [-0.25, -0.2) is 8.61 Å². The van der Waals surface area contributed by atoms with E-state index in [0.29, 0.717) is 12.2 Å². The second-order valence-corrected chi connectivity index (χ2v) is 11.0. The summed E-state index contributed by atoms with van der Waals surface area (Å²) in [6.07, 6.45) is 5.09. The minimum atomic E-state index is 0.0399. The molecule has 2 unspecified atom stereocenters. The van der Waals surface area contributed by atoms with Crippen molar-refractivity contribution in [1.29, 1.82) is 0 Å². The summed E-state index contributed by atoms with van der Waals surface area (Å²) < 4.78 is 4.78. The minimum absolute atomic E-state index is 0.0399. The van der Waals surface area contributed by atoms with E-state index in [4.69, 9.17) is 11.6 Å². The molecular formula is C19H18ClI2N3OS2. The maximum absolute atomic E-state index is 13.1. The lowest BCUT2D eigenvalue weighted by atomic mass is 9.78. The Morgan fingerprint density at radius 3 is 2.54 bits per heavy atom. The van der Waals surface area contributed by atoms with Crippen LogP contribution in [0.1, 0.15) is 36.1 Å². The Labute approximate surface area is 203 Å². The van der Waals surface area contributed by atoms with Gasteiger partial charge < -0.3 is 0 Å². The summed E-state index contributed by atoms with van der Waals surface area (Å²) in [6, 6.07) is 12.7. The Kier molecular flexibility index (Phi) is 7.49. The quantitative estimate of drug-likeness (QED) is 0.277. The Morgan fingerprint density at radius 2 is 1.86 bits per heavy atom. The van der Waals surface area contributed by atoms with Gasteiger partial charge in [-0.3, -0.25) is 9.78 Å². The van der Waals surface area contributed by atoms with Crippen molar-refractivity contribution in [2.45, 2.75) is 31.0 Å². The molecule has 2 aromatic rings. The highest BCUT2D eigenvalue weighted by molar-refractivity contribution is 14.2. The summed E-state index contributed by atoms with van der Waals surface area (Å²) in [6.45, 7) is 0.769. The van der Waals surface area contributed by atoms with Crippen LogP contribution >= 0.6 is 72.3 Å². The summed E-state index contributed by atoms with van der Waals surface area (Å²) in [4.78, 5) is 17.3. The van der Waals surface area contributed by atoms with Crippen LogP contribution in [0.5, 0.6) is 0 Å². The van der Waals surface area contributed by atoms with Crippen molar-refractivity contribution in [2.75, 3.05) is 6.54 Å². The van der Waals surface area contributed by atoms with Gasteiger partial charge in [-0.1, -0.05) is 23.7 Å². The summed E-state index contributed by atoms with van der Waals surface area (Å²) >= 11 is 11.0. The average molecular weight is 658 g/mol. The lowest BCUT2D eigenvalue weighted by Gasteiger charge is -2.50. The predicted octanol–water partition coefficient (Wildman–Crippen LogP) is 6.48. The van der Waals surface area contributed by atoms with Crippen molar-refractivity contribution in [3.63, 3.8) is 0 Å². The number of rotatable bonds is 4. The van der Waals surface area contributed by atoms with E-state index in [2.05, 4.69) is 68.1 Å². The average Bonchev–Trinajstić information content (AvgIpc) is 2.73. The Morgan fingerprint density at radius 1 is 1.07 bits per heavy atom. The van der Waals surface area contributed by atoms with Gasteiger partial charge in [0.15, 0.2) is 0 Å². The van der Waals surface area contributed by atoms with Crippen LogP contribution in [-0.2, 0) is 4.79 Å². The molecule has 2 aliphatic heterocycles. The Hall–Kier alpha value is 0.410. The molecule has 0 bridgehead atoms. The van der Waals surface area contributed by atoms with Crippen LogP contribution < -0.4 is 0 Å². The number of carbonyl (C=O) groups is 1. The van der Waals surface area contributed by atoms with Crippen LogP contribution in [-0.4, -0.2) is 32.0 Å². The zero-order chi connectivity index (χ0) is 19.7. The number of aromatic nitrogens is 1. The first kappa shape index (κ1) is 21.6. The normalized spacial score (nSPS) is 28.9. The van der Waals surface area contributed by atoms with E-state index in [-0.39, 0.29) is 24.0 Å². The largest absolute Gasteiger partial charge is 0.299 e. The van der Waals surface area contributed by atoms with Crippen LogP contribution in [0.15, 0.2) is 48.8 Å².